The van der Waals surface area contributed by atoms with Gasteiger partial charge in [-0.3, -0.25) is 9.59 Å². The van der Waals surface area contributed by atoms with Crippen LogP contribution in [-0.4, -0.2) is 41.3 Å². The molecule has 0 aliphatic carbocycles. The van der Waals surface area contributed by atoms with Crippen molar-refractivity contribution >= 4 is 23.2 Å². The number of thiazole rings is 1. The SMILES string of the molecule is CCCCNC(=O)C1CCCN(C(=O)c2cscn2)C1. The van der Waals surface area contributed by atoms with E-state index in [-0.39, 0.29) is 17.7 Å². The third-order valence-electron chi connectivity index (χ3n) is 3.56. The minimum Gasteiger partial charge on any atom is -0.356 e. The maximum atomic E-state index is 12.2. The Hall–Kier alpha value is -1.43. The number of likely N-dealkylation sites (tertiary alicyclic amines) is 1. The van der Waals surface area contributed by atoms with Gasteiger partial charge in [0.2, 0.25) is 5.91 Å². The monoisotopic (exact) mass is 295 g/mol. The van der Waals surface area contributed by atoms with Crippen molar-refractivity contribution in [2.75, 3.05) is 19.6 Å². The lowest BCUT2D eigenvalue weighted by molar-refractivity contribution is -0.126. The van der Waals surface area contributed by atoms with Crippen molar-refractivity contribution in [2.24, 2.45) is 5.92 Å². The highest BCUT2D eigenvalue weighted by Crippen LogP contribution is 2.19. The number of unbranched alkanes of at least 4 members (excludes halogenated alkanes) is 1. The topological polar surface area (TPSA) is 62.3 Å². The average molecular weight is 295 g/mol. The van der Waals surface area contributed by atoms with Gasteiger partial charge >= 0.3 is 0 Å². The van der Waals surface area contributed by atoms with Crippen LogP contribution in [0.25, 0.3) is 0 Å². The van der Waals surface area contributed by atoms with Crippen LogP contribution in [0.3, 0.4) is 0 Å². The van der Waals surface area contributed by atoms with E-state index in [1.165, 1.54) is 11.3 Å². The van der Waals surface area contributed by atoms with E-state index in [4.69, 9.17) is 0 Å². The van der Waals surface area contributed by atoms with Crippen LogP contribution >= 0.6 is 11.3 Å². The van der Waals surface area contributed by atoms with Crippen molar-refractivity contribution < 1.29 is 9.59 Å². The summed E-state index contributed by atoms with van der Waals surface area (Å²) < 4.78 is 0. The Morgan fingerprint density at radius 3 is 3.10 bits per heavy atom. The van der Waals surface area contributed by atoms with Crippen LogP contribution in [0, 0.1) is 5.92 Å². The first-order valence-electron chi connectivity index (χ1n) is 7.17. The highest BCUT2D eigenvalue weighted by atomic mass is 32.1. The van der Waals surface area contributed by atoms with Crippen LogP contribution in [0.5, 0.6) is 0 Å². The van der Waals surface area contributed by atoms with Gasteiger partial charge in [0.1, 0.15) is 5.69 Å². The van der Waals surface area contributed by atoms with E-state index in [1.807, 2.05) is 0 Å². The number of hydrogen-bond donors (Lipinski definition) is 1. The van der Waals surface area contributed by atoms with Crippen LogP contribution in [-0.2, 0) is 4.79 Å². The lowest BCUT2D eigenvalue weighted by Gasteiger charge is -2.31. The molecule has 2 amide bonds. The lowest BCUT2D eigenvalue weighted by atomic mass is 9.97. The zero-order chi connectivity index (χ0) is 14.4. The second-order valence-corrected chi connectivity index (χ2v) is 5.83. The summed E-state index contributed by atoms with van der Waals surface area (Å²) in [6.45, 7) is 4.05. The molecule has 1 fully saturated rings. The molecule has 0 radical (unpaired) electrons. The second-order valence-electron chi connectivity index (χ2n) is 5.11. The van der Waals surface area contributed by atoms with Crippen LogP contribution in [0.15, 0.2) is 10.9 Å². The Labute approximate surface area is 123 Å². The number of carbonyl (C=O) groups excluding carboxylic acids is 2. The predicted octanol–water partition coefficient (Wildman–Crippen LogP) is 1.91. The highest BCUT2D eigenvalue weighted by molar-refractivity contribution is 7.07. The number of nitrogens with one attached hydrogen (secondary N) is 1. The molecule has 0 saturated carbocycles. The number of piperidine rings is 1. The average Bonchev–Trinajstić information content (AvgIpc) is 3.01. The second kappa shape index (κ2) is 7.38. The zero-order valence-electron chi connectivity index (χ0n) is 11.8. The Morgan fingerprint density at radius 2 is 2.40 bits per heavy atom. The summed E-state index contributed by atoms with van der Waals surface area (Å²) in [5.41, 5.74) is 2.15. The zero-order valence-corrected chi connectivity index (χ0v) is 12.6. The van der Waals surface area contributed by atoms with Gasteiger partial charge in [0, 0.05) is 25.0 Å². The number of hydrogen-bond acceptors (Lipinski definition) is 4. The van der Waals surface area contributed by atoms with E-state index >= 15 is 0 Å². The summed E-state index contributed by atoms with van der Waals surface area (Å²) in [5.74, 6) is -0.0604. The Bertz CT molecular complexity index is 447. The first-order chi connectivity index (χ1) is 9.72. The Morgan fingerprint density at radius 1 is 1.55 bits per heavy atom. The molecule has 1 aromatic heterocycles. The highest BCUT2D eigenvalue weighted by Gasteiger charge is 2.29. The summed E-state index contributed by atoms with van der Waals surface area (Å²) in [6, 6.07) is 0. The molecule has 2 heterocycles. The van der Waals surface area contributed by atoms with Crippen LogP contribution in [0.2, 0.25) is 0 Å². The lowest BCUT2D eigenvalue weighted by Crippen LogP contribution is -2.45. The molecule has 1 aliphatic heterocycles. The molecule has 1 saturated heterocycles. The Kier molecular flexibility index (Phi) is 5.52. The van der Waals surface area contributed by atoms with E-state index in [9.17, 15) is 9.59 Å². The minimum absolute atomic E-state index is 0.0580. The third-order valence-corrected chi connectivity index (χ3v) is 4.15. The summed E-state index contributed by atoms with van der Waals surface area (Å²) in [6.07, 6.45) is 3.81. The molecule has 0 spiro atoms. The van der Waals surface area contributed by atoms with E-state index < -0.39 is 0 Å². The molecule has 110 valence electrons. The van der Waals surface area contributed by atoms with Gasteiger partial charge in [0.05, 0.1) is 11.4 Å². The van der Waals surface area contributed by atoms with E-state index in [1.54, 1.807) is 15.8 Å². The van der Waals surface area contributed by atoms with E-state index in [0.717, 1.165) is 38.8 Å². The number of carbonyl (C=O) groups is 2. The molecular formula is C14H21N3O2S. The van der Waals surface area contributed by atoms with Crippen molar-refractivity contribution in [3.05, 3.63) is 16.6 Å². The fraction of sp³-hybridized carbons (Fsp3) is 0.643. The quantitative estimate of drug-likeness (QED) is 0.844. The number of aromatic nitrogens is 1. The maximum Gasteiger partial charge on any atom is 0.273 e. The van der Waals surface area contributed by atoms with Gasteiger partial charge in [-0.15, -0.1) is 11.3 Å². The van der Waals surface area contributed by atoms with Gasteiger partial charge in [-0.2, -0.15) is 0 Å². The van der Waals surface area contributed by atoms with Crippen LogP contribution in [0.4, 0.5) is 0 Å². The number of rotatable bonds is 5. The molecule has 20 heavy (non-hydrogen) atoms. The summed E-state index contributed by atoms with van der Waals surface area (Å²) in [4.78, 5) is 30.1. The smallest absolute Gasteiger partial charge is 0.273 e. The van der Waals surface area contributed by atoms with E-state index in [0.29, 0.717) is 12.2 Å². The largest absolute Gasteiger partial charge is 0.356 e. The van der Waals surface area contributed by atoms with Crippen LogP contribution in [0.1, 0.15) is 43.1 Å². The van der Waals surface area contributed by atoms with Crippen LogP contribution < -0.4 is 5.32 Å². The summed E-state index contributed by atoms with van der Waals surface area (Å²) >= 11 is 1.41. The molecule has 1 atom stereocenters. The predicted molar refractivity (Wildman–Crippen MR) is 78.7 cm³/mol. The number of nitrogens with zero attached hydrogens (tertiary/aromatic N) is 2. The van der Waals surface area contributed by atoms with Gasteiger partial charge in [-0.25, -0.2) is 4.98 Å². The maximum absolute atomic E-state index is 12.2. The van der Waals surface area contributed by atoms with Crippen molar-refractivity contribution in [3.63, 3.8) is 0 Å². The fourth-order valence-corrected chi connectivity index (χ4v) is 2.91. The molecule has 1 N–H and O–H groups in total. The van der Waals surface area contributed by atoms with Gasteiger partial charge in [0.15, 0.2) is 0 Å². The van der Waals surface area contributed by atoms with Crippen molar-refractivity contribution in [1.82, 2.24) is 15.2 Å². The van der Waals surface area contributed by atoms with Crippen molar-refractivity contribution in [3.8, 4) is 0 Å². The molecule has 5 nitrogen and oxygen atoms in total. The van der Waals surface area contributed by atoms with Gasteiger partial charge < -0.3 is 10.2 Å². The molecule has 1 unspecified atom stereocenters. The number of amides is 2. The third kappa shape index (κ3) is 3.79. The molecule has 1 aliphatic rings. The first kappa shape index (κ1) is 15.0. The minimum atomic E-state index is -0.0804. The standard InChI is InChI=1S/C14H21N3O2S/c1-2-3-6-15-13(18)11-5-4-7-17(8-11)14(19)12-9-20-10-16-12/h9-11H,2-8H2,1H3,(H,15,18). The molecule has 0 aromatic carbocycles. The molecule has 2 rings (SSSR count). The first-order valence-corrected chi connectivity index (χ1v) is 8.11. The summed E-state index contributed by atoms with van der Waals surface area (Å²) in [5, 5.41) is 4.71. The molecule has 6 heteroatoms. The normalized spacial score (nSPS) is 18.9. The summed E-state index contributed by atoms with van der Waals surface area (Å²) in [7, 11) is 0. The Balaban J connectivity index is 1.88. The van der Waals surface area contributed by atoms with E-state index in [2.05, 4.69) is 17.2 Å². The molecular weight excluding hydrogens is 274 g/mol. The molecule has 0 bridgehead atoms. The van der Waals surface area contributed by atoms with Gasteiger partial charge in [-0.1, -0.05) is 13.3 Å². The van der Waals surface area contributed by atoms with Crippen molar-refractivity contribution in [2.45, 2.75) is 32.6 Å². The van der Waals surface area contributed by atoms with Gasteiger partial charge in [-0.05, 0) is 19.3 Å². The fourth-order valence-electron chi connectivity index (χ4n) is 2.39. The van der Waals surface area contributed by atoms with Crippen molar-refractivity contribution in [1.29, 1.82) is 0 Å². The molecule has 1 aromatic rings. The van der Waals surface area contributed by atoms with Gasteiger partial charge in [0.25, 0.3) is 5.91 Å².